The first-order chi connectivity index (χ1) is 7.36. The number of benzene rings is 1. The van der Waals surface area contributed by atoms with E-state index in [2.05, 4.69) is 24.3 Å². The molecule has 15 heavy (non-hydrogen) atoms. The highest BCUT2D eigenvalue weighted by molar-refractivity contribution is 7.19. The fourth-order valence-electron chi connectivity index (χ4n) is 2.47. The van der Waals surface area contributed by atoms with Crippen molar-refractivity contribution in [2.24, 2.45) is 5.73 Å². The molecule has 1 aromatic carbocycles. The van der Waals surface area contributed by atoms with Gasteiger partial charge in [0.05, 0.1) is 0 Å². The Balaban J connectivity index is 2.26. The van der Waals surface area contributed by atoms with E-state index in [0.29, 0.717) is 0 Å². The molecule has 0 spiro atoms. The molecule has 0 aliphatic heterocycles. The minimum absolute atomic E-state index is 0.278. The molecule has 1 heterocycles. The maximum Gasteiger partial charge on any atom is 0.0392 e. The molecule has 0 amide bonds. The monoisotopic (exact) mass is 217 g/mol. The van der Waals surface area contributed by atoms with Gasteiger partial charge in [-0.15, -0.1) is 11.3 Å². The molecule has 3 rings (SSSR count). The summed E-state index contributed by atoms with van der Waals surface area (Å²) in [5, 5.41) is 1.44. The van der Waals surface area contributed by atoms with Gasteiger partial charge >= 0.3 is 0 Å². The average molecular weight is 217 g/mol. The van der Waals surface area contributed by atoms with Gasteiger partial charge in [0.25, 0.3) is 0 Å². The molecule has 1 atom stereocenters. The van der Waals surface area contributed by atoms with Crippen LogP contribution in [0.5, 0.6) is 0 Å². The maximum absolute atomic E-state index is 6.22. The summed E-state index contributed by atoms with van der Waals surface area (Å²) in [7, 11) is 0. The summed E-state index contributed by atoms with van der Waals surface area (Å²) in [6, 6.07) is 8.97. The zero-order valence-electron chi connectivity index (χ0n) is 8.70. The summed E-state index contributed by atoms with van der Waals surface area (Å²) in [4.78, 5) is 1.44. The Hall–Kier alpha value is -0.860. The number of aryl methyl sites for hydroxylation is 1. The smallest absolute Gasteiger partial charge is 0.0392 e. The van der Waals surface area contributed by atoms with Gasteiger partial charge in [-0.05, 0) is 36.3 Å². The lowest BCUT2D eigenvalue weighted by Crippen LogP contribution is -2.07. The Morgan fingerprint density at radius 1 is 1.20 bits per heavy atom. The molecule has 0 saturated carbocycles. The van der Waals surface area contributed by atoms with E-state index in [1.165, 1.54) is 39.8 Å². The van der Waals surface area contributed by atoms with Crippen molar-refractivity contribution in [3.63, 3.8) is 0 Å². The van der Waals surface area contributed by atoms with Crippen LogP contribution < -0.4 is 5.73 Å². The first-order valence-corrected chi connectivity index (χ1v) is 6.44. The molecule has 2 N–H and O–H groups in total. The van der Waals surface area contributed by atoms with Gasteiger partial charge < -0.3 is 5.73 Å². The van der Waals surface area contributed by atoms with Gasteiger partial charge in [-0.1, -0.05) is 24.6 Å². The van der Waals surface area contributed by atoms with Crippen molar-refractivity contribution >= 4 is 21.4 Å². The normalized spacial score (nSPS) is 21.3. The molecule has 78 valence electrons. The van der Waals surface area contributed by atoms with E-state index in [1.54, 1.807) is 0 Å². The van der Waals surface area contributed by atoms with Crippen LogP contribution >= 0.6 is 11.3 Å². The van der Waals surface area contributed by atoms with Crippen molar-refractivity contribution in [2.75, 3.05) is 0 Å². The quantitative estimate of drug-likeness (QED) is 0.670. The molecule has 0 fully saturated rings. The molecule has 0 saturated heterocycles. The maximum atomic E-state index is 6.22. The summed E-state index contributed by atoms with van der Waals surface area (Å²) in [6.45, 7) is 0. The Bertz CT molecular complexity index is 486. The number of fused-ring (bicyclic) bond motifs is 3. The molecule has 1 aliphatic carbocycles. The van der Waals surface area contributed by atoms with E-state index in [-0.39, 0.29) is 6.04 Å². The van der Waals surface area contributed by atoms with Crippen LogP contribution in [0.4, 0.5) is 0 Å². The van der Waals surface area contributed by atoms with E-state index >= 15 is 0 Å². The third kappa shape index (κ3) is 1.48. The van der Waals surface area contributed by atoms with Crippen molar-refractivity contribution < 1.29 is 0 Å². The zero-order valence-corrected chi connectivity index (χ0v) is 9.52. The van der Waals surface area contributed by atoms with Crippen molar-refractivity contribution in [2.45, 2.75) is 31.7 Å². The Morgan fingerprint density at radius 3 is 3.00 bits per heavy atom. The predicted molar refractivity (Wildman–Crippen MR) is 66.3 cm³/mol. The molecule has 1 unspecified atom stereocenters. The van der Waals surface area contributed by atoms with Crippen LogP contribution in [-0.4, -0.2) is 0 Å². The number of rotatable bonds is 0. The summed E-state index contributed by atoms with van der Waals surface area (Å²) >= 11 is 1.90. The van der Waals surface area contributed by atoms with Crippen molar-refractivity contribution in [3.05, 3.63) is 34.7 Å². The molecule has 0 bridgehead atoms. The van der Waals surface area contributed by atoms with Gasteiger partial charge in [0.15, 0.2) is 0 Å². The lowest BCUT2D eigenvalue weighted by molar-refractivity contribution is 0.620. The van der Waals surface area contributed by atoms with Crippen molar-refractivity contribution in [1.29, 1.82) is 0 Å². The SMILES string of the molecule is NC1CCCCc2c1sc1ccccc21. The fraction of sp³-hybridized carbons (Fsp3) is 0.385. The lowest BCUT2D eigenvalue weighted by Gasteiger charge is -2.06. The Morgan fingerprint density at radius 2 is 2.07 bits per heavy atom. The number of thiophene rings is 1. The molecular weight excluding hydrogens is 202 g/mol. The van der Waals surface area contributed by atoms with Gasteiger partial charge in [0.2, 0.25) is 0 Å². The third-order valence-electron chi connectivity index (χ3n) is 3.26. The highest BCUT2D eigenvalue weighted by Crippen LogP contribution is 2.38. The Labute approximate surface area is 93.9 Å². The summed E-state index contributed by atoms with van der Waals surface area (Å²) in [6.07, 6.45) is 4.94. The van der Waals surface area contributed by atoms with Crippen LogP contribution in [0.25, 0.3) is 10.1 Å². The zero-order chi connectivity index (χ0) is 10.3. The number of hydrogen-bond acceptors (Lipinski definition) is 2. The lowest BCUT2D eigenvalue weighted by atomic mass is 10.1. The molecule has 1 aromatic heterocycles. The van der Waals surface area contributed by atoms with Crippen LogP contribution in [0.2, 0.25) is 0 Å². The van der Waals surface area contributed by atoms with E-state index in [9.17, 15) is 0 Å². The topological polar surface area (TPSA) is 26.0 Å². The van der Waals surface area contributed by atoms with Crippen LogP contribution in [0.1, 0.15) is 35.7 Å². The standard InChI is InChI=1S/C13H15NS/c14-11-7-3-1-6-10-9-5-2-4-8-12(9)15-13(10)11/h2,4-5,8,11H,1,3,6-7,14H2. The van der Waals surface area contributed by atoms with Crippen molar-refractivity contribution in [1.82, 2.24) is 0 Å². The molecular formula is C13H15NS. The van der Waals surface area contributed by atoms with Crippen molar-refractivity contribution in [3.8, 4) is 0 Å². The minimum Gasteiger partial charge on any atom is -0.323 e. The molecule has 0 radical (unpaired) electrons. The molecule has 2 heteroatoms. The second kappa shape index (κ2) is 3.62. The molecule has 1 aliphatic rings. The average Bonchev–Trinajstić information content (AvgIpc) is 2.54. The van der Waals surface area contributed by atoms with E-state index in [1.807, 2.05) is 11.3 Å². The van der Waals surface area contributed by atoms with Gasteiger partial charge in [0, 0.05) is 15.6 Å². The third-order valence-corrected chi connectivity index (χ3v) is 4.60. The summed E-state index contributed by atoms with van der Waals surface area (Å²) in [5.41, 5.74) is 7.75. The van der Waals surface area contributed by atoms with Gasteiger partial charge in [0.1, 0.15) is 0 Å². The molecule has 2 aromatic rings. The van der Waals surface area contributed by atoms with Gasteiger partial charge in [-0.25, -0.2) is 0 Å². The van der Waals surface area contributed by atoms with E-state index < -0.39 is 0 Å². The summed E-state index contributed by atoms with van der Waals surface area (Å²) < 4.78 is 1.40. The first kappa shape index (κ1) is 9.37. The highest BCUT2D eigenvalue weighted by atomic mass is 32.1. The Kier molecular flexibility index (Phi) is 2.26. The predicted octanol–water partition coefficient (Wildman–Crippen LogP) is 3.63. The van der Waals surface area contributed by atoms with Crippen LogP contribution in [-0.2, 0) is 6.42 Å². The van der Waals surface area contributed by atoms with Crippen LogP contribution in [0, 0.1) is 0 Å². The second-order valence-corrected chi connectivity index (χ2v) is 5.38. The van der Waals surface area contributed by atoms with E-state index in [0.717, 1.165) is 6.42 Å². The number of nitrogens with two attached hydrogens (primary N) is 1. The largest absolute Gasteiger partial charge is 0.323 e. The number of hydrogen-bond donors (Lipinski definition) is 1. The van der Waals surface area contributed by atoms with Crippen LogP contribution in [0.15, 0.2) is 24.3 Å². The minimum atomic E-state index is 0.278. The van der Waals surface area contributed by atoms with Gasteiger partial charge in [-0.2, -0.15) is 0 Å². The summed E-state index contributed by atoms with van der Waals surface area (Å²) in [5.74, 6) is 0. The first-order valence-electron chi connectivity index (χ1n) is 5.62. The second-order valence-electron chi connectivity index (χ2n) is 4.29. The van der Waals surface area contributed by atoms with Crippen LogP contribution in [0.3, 0.4) is 0 Å². The van der Waals surface area contributed by atoms with Gasteiger partial charge in [-0.3, -0.25) is 0 Å². The molecule has 1 nitrogen and oxygen atoms in total. The van der Waals surface area contributed by atoms with E-state index in [4.69, 9.17) is 5.73 Å². The highest BCUT2D eigenvalue weighted by Gasteiger charge is 2.19. The fourth-order valence-corrected chi connectivity index (χ4v) is 3.76.